The molecule has 5 nitrogen and oxygen atoms in total. The average Bonchev–Trinajstić information content (AvgIpc) is 2.78. The van der Waals surface area contributed by atoms with E-state index < -0.39 is 5.97 Å². The second-order valence-corrected chi connectivity index (χ2v) is 7.44. The Hall–Kier alpha value is -3.31. The molecule has 0 bridgehead atoms. The van der Waals surface area contributed by atoms with Crippen LogP contribution in [0, 0.1) is 0 Å². The summed E-state index contributed by atoms with van der Waals surface area (Å²) in [5.41, 5.74) is 3.82. The second kappa shape index (κ2) is 8.59. The van der Waals surface area contributed by atoms with E-state index in [9.17, 15) is 9.59 Å². The van der Waals surface area contributed by atoms with Crippen LogP contribution in [0.5, 0.6) is 0 Å². The summed E-state index contributed by atoms with van der Waals surface area (Å²) in [6, 6.07) is 21.8. The lowest BCUT2D eigenvalue weighted by molar-refractivity contribution is 0.0602. The zero-order valence-corrected chi connectivity index (χ0v) is 17.2. The molecule has 0 saturated heterocycles. The molecular formula is C24H21ClN2O3. The molecule has 0 saturated carbocycles. The van der Waals surface area contributed by atoms with Crippen molar-refractivity contribution in [1.29, 1.82) is 0 Å². The van der Waals surface area contributed by atoms with Crippen molar-refractivity contribution >= 4 is 29.3 Å². The number of esters is 1. The fourth-order valence-corrected chi connectivity index (χ4v) is 4.12. The van der Waals surface area contributed by atoms with Crippen LogP contribution in [0.25, 0.3) is 0 Å². The normalized spacial score (nSPS) is 15.3. The summed E-state index contributed by atoms with van der Waals surface area (Å²) in [5.74, 6) is -0.502. The summed E-state index contributed by atoms with van der Waals surface area (Å²) in [7, 11) is 1.32. The smallest absolute Gasteiger partial charge is 0.339 e. The molecule has 1 aliphatic rings. The van der Waals surface area contributed by atoms with E-state index in [0.717, 1.165) is 17.5 Å². The minimum absolute atomic E-state index is 0.300. The van der Waals surface area contributed by atoms with Crippen molar-refractivity contribution in [3.05, 3.63) is 100 Å². The van der Waals surface area contributed by atoms with Crippen LogP contribution in [0.2, 0.25) is 5.02 Å². The van der Waals surface area contributed by atoms with Gasteiger partial charge in [-0.1, -0.05) is 66.2 Å². The summed E-state index contributed by atoms with van der Waals surface area (Å²) >= 11 is 6.52. The van der Waals surface area contributed by atoms with Gasteiger partial charge in [0.15, 0.2) is 0 Å². The van der Waals surface area contributed by atoms with Crippen LogP contribution in [0.15, 0.2) is 72.8 Å². The van der Waals surface area contributed by atoms with Crippen LogP contribution in [0.4, 0.5) is 10.5 Å². The van der Waals surface area contributed by atoms with E-state index in [1.54, 1.807) is 29.2 Å². The van der Waals surface area contributed by atoms with Crippen LogP contribution in [0.1, 0.15) is 33.1 Å². The van der Waals surface area contributed by atoms with Crippen molar-refractivity contribution in [2.24, 2.45) is 0 Å². The van der Waals surface area contributed by atoms with Gasteiger partial charge in [0.2, 0.25) is 0 Å². The summed E-state index contributed by atoms with van der Waals surface area (Å²) < 4.78 is 4.84. The molecular weight excluding hydrogens is 400 g/mol. The Bertz CT molecular complexity index is 1100. The second-order valence-electron chi connectivity index (χ2n) is 7.03. The predicted octanol–water partition coefficient (Wildman–Crippen LogP) is 5.31. The quantitative estimate of drug-likeness (QED) is 0.584. The summed E-state index contributed by atoms with van der Waals surface area (Å²) in [5, 5.41) is 3.49. The Labute approximate surface area is 180 Å². The number of nitrogens with one attached hydrogen (secondary N) is 1. The lowest BCUT2D eigenvalue weighted by atomic mass is 9.88. The van der Waals surface area contributed by atoms with Gasteiger partial charge < -0.3 is 15.0 Å². The van der Waals surface area contributed by atoms with Crippen molar-refractivity contribution in [2.75, 3.05) is 19.0 Å². The minimum atomic E-state index is -0.502. The zero-order chi connectivity index (χ0) is 21.1. The molecule has 0 fully saturated rings. The number of urea groups is 1. The van der Waals surface area contributed by atoms with E-state index in [4.69, 9.17) is 16.3 Å². The molecule has 1 atom stereocenters. The molecule has 3 aromatic carbocycles. The van der Waals surface area contributed by atoms with E-state index in [1.165, 1.54) is 12.7 Å². The largest absolute Gasteiger partial charge is 0.465 e. The van der Waals surface area contributed by atoms with Gasteiger partial charge in [0.1, 0.15) is 0 Å². The molecule has 152 valence electrons. The van der Waals surface area contributed by atoms with Crippen molar-refractivity contribution in [3.8, 4) is 0 Å². The number of carbonyl (C=O) groups excluding carboxylic acids is 2. The fraction of sp³-hybridized carbons (Fsp3) is 0.167. The lowest BCUT2D eigenvalue weighted by Crippen LogP contribution is -2.43. The Morgan fingerprint density at radius 2 is 1.63 bits per heavy atom. The summed E-state index contributed by atoms with van der Waals surface area (Å²) in [4.78, 5) is 27.2. The number of hydrogen-bond donors (Lipinski definition) is 1. The van der Waals surface area contributed by atoms with Crippen molar-refractivity contribution in [2.45, 2.75) is 12.5 Å². The van der Waals surface area contributed by atoms with Gasteiger partial charge in [-0.3, -0.25) is 0 Å². The number of nitrogens with zero attached hydrogens (tertiary/aromatic N) is 1. The number of rotatable bonds is 3. The highest BCUT2D eigenvalue weighted by atomic mass is 35.5. The van der Waals surface area contributed by atoms with Gasteiger partial charge in [0.05, 0.1) is 24.4 Å². The molecule has 4 rings (SSSR count). The van der Waals surface area contributed by atoms with E-state index >= 15 is 0 Å². The Morgan fingerprint density at radius 1 is 0.967 bits per heavy atom. The number of carbonyl (C=O) groups is 2. The van der Waals surface area contributed by atoms with Crippen LogP contribution < -0.4 is 5.32 Å². The first-order valence-electron chi connectivity index (χ1n) is 9.67. The molecule has 0 aliphatic carbocycles. The van der Waals surface area contributed by atoms with Crippen molar-refractivity contribution in [3.63, 3.8) is 0 Å². The number of amides is 2. The van der Waals surface area contributed by atoms with E-state index in [2.05, 4.69) is 11.4 Å². The molecule has 2 amide bonds. The number of fused-ring (bicyclic) bond motifs is 1. The number of benzene rings is 3. The molecule has 0 aromatic heterocycles. The molecule has 6 heteroatoms. The molecule has 0 radical (unpaired) electrons. The van der Waals surface area contributed by atoms with Gasteiger partial charge in [-0.25, -0.2) is 9.59 Å². The number of anilines is 1. The van der Waals surface area contributed by atoms with E-state index in [0.29, 0.717) is 22.8 Å². The van der Waals surface area contributed by atoms with Gasteiger partial charge in [-0.2, -0.15) is 0 Å². The monoisotopic (exact) mass is 420 g/mol. The molecule has 1 aliphatic heterocycles. The minimum Gasteiger partial charge on any atom is -0.465 e. The first-order chi connectivity index (χ1) is 14.6. The number of para-hydroxylation sites is 1. The van der Waals surface area contributed by atoms with Crippen LogP contribution in [-0.2, 0) is 11.2 Å². The van der Waals surface area contributed by atoms with Gasteiger partial charge in [0, 0.05) is 11.6 Å². The standard InChI is InChI=1S/C24H21ClN2O3/c1-30-23(28)19-11-5-7-13-21(19)26-24(29)27-15-14-16-8-2-3-9-17(16)22(27)18-10-4-6-12-20(18)25/h2-13,22H,14-15H2,1H3,(H,26,29)/t22-/m1/s1. The van der Waals surface area contributed by atoms with Gasteiger partial charge in [0.25, 0.3) is 0 Å². The fourth-order valence-electron chi connectivity index (χ4n) is 3.88. The van der Waals surface area contributed by atoms with E-state index in [1.807, 2.05) is 42.5 Å². The van der Waals surface area contributed by atoms with Crippen molar-refractivity contribution in [1.82, 2.24) is 4.90 Å². The van der Waals surface area contributed by atoms with Gasteiger partial charge >= 0.3 is 12.0 Å². The molecule has 0 unspecified atom stereocenters. The zero-order valence-electron chi connectivity index (χ0n) is 16.5. The third kappa shape index (κ3) is 3.76. The van der Waals surface area contributed by atoms with Crippen LogP contribution in [0.3, 0.4) is 0 Å². The molecule has 0 spiro atoms. The number of halogens is 1. The molecule has 1 heterocycles. The van der Waals surface area contributed by atoms with Gasteiger partial charge in [-0.05, 0) is 41.3 Å². The predicted molar refractivity (Wildman–Crippen MR) is 117 cm³/mol. The highest BCUT2D eigenvalue weighted by molar-refractivity contribution is 6.31. The number of hydrogen-bond acceptors (Lipinski definition) is 3. The molecule has 30 heavy (non-hydrogen) atoms. The maximum Gasteiger partial charge on any atom is 0.339 e. The highest BCUT2D eigenvalue weighted by Gasteiger charge is 2.33. The van der Waals surface area contributed by atoms with Gasteiger partial charge in [-0.15, -0.1) is 0 Å². The average molecular weight is 421 g/mol. The van der Waals surface area contributed by atoms with Crippen LogP contribution in [-0.4, -0.2) is 30.6 Å². The Kier molecular flexibility index (Phi) is 5.72. The summed E-state index contributed by atoms with van der Waals surface area (Å²) in [6.45, 7) is 0.527. The SMILES string of the molecule is COC(=O)c1ccccc1NC(=O)N1CCc2ccccc2[C@@H]1c1ccccc1Cl. The maximum absolute atomic E-state index is 13.4. The third-order valence-corrected chi connectivity index (χ3v) is 5.66. The van der Waals surface area contributed by atoms with Crippen molar-refractivity contribution < 1.29 is 14.3 Å². The highest BCUT2D eigenvalue weighted by Crippen LogP contribution is 2.38. The Balaban J connectivity index is 1.72. The number of ether oxygens (including phenoxy) is 1. The maximum atomic E-state index is 13.4. The first-order valence-corrected chi connectivity index (χ1v) is 10.0. The molecule has 1 N–H and O–H groups in total. The Morgan fingerprint density at radius 3 is 2.40 bits per heavy atom. The molecule has 3 aromatic rings. The lowest BCUT2D eigenvalue weighted by Gasteiger charge is -2.38. The summed E-state index contributed by atoms with van der Waals surface area (Å²) in [6.07, 6.45) is 0.739. The first kappa shape index (κ1) is 20.0. The number of methoxy groups -OCH3 is 1. The van der Waals surface area contributed by atoms with Crippen LogP contribution >= 0.6 is 11.6 Å². The topological polar surface area (TPSA) is 58.6 Å². The van der Waals surface area contributed by atoms with E-state index in [-0.39, 0.29) is 12.1 Å². The third-order valence-electron chi connectivity index (χ3n) is 5.32.